The SMILES string of the molecule is CC(CN1C(=O)C(=Cc2ccc(C#N)cc2)NC1=S)Cn1ccnc1. The van der Waals surface area contributed by atoms with Crippen LogP contribution < -0.4 is 5.32 Å². The van der Waals surface area contributed by atoms with Gasteiger partial charge in [0.15, 0.2) is 5.11 Å². The van der Waals surface area contributed by atoms with Gasteiger partial charge in [0, 0.05) is 25.5 Å². The zero-order valence-electron chi connectivity index (χ0n) is 13.7. The molecule has 126 valence electrons. The van der Waals surface area contributed by atoms with E-state index in [0.717, 1.165) is 12.1 Å². The minimum absolute atomic E-state index is 0.133. The van der Waals surface area contributed by atoms with Gasteiger partial charge in [-0.15, -0.1) is 0 Å². The molecule has 1 amide bonds. The predicted octanol–water partition coefficient (Wildman–Crippen LogP) is 2.15. The summed E-state index contributed by atoms with van der Waals surface area (Å²) in [6, 6.07) is 9.11. The zero-order valence-corrected chi connectivity index (χ0v) is 14.5. The molecule has 1 saturated heterocycles. The summed E-state index contributed by atoms with van der Waals surface area (Å²) in [6.45, 7) is 3.37. The third kappa shape index (κ3) is 3.92. The Bertz CT molecular complexity index is 849. The van der Waals surface area contributed by atoms with Crippen molar-refractivity contribution in [2.24, 2.45) is 5.92 Å². The summed E-state index contributed by atoms with van der Waals surface area (Å²) in [4.78, 5) is 18.2. The summed E-state index contributed by atoms with van der Waals surface area (Å²) in [7, 11) is 0. The fraction of sp³-hybridized carbons (Fsp3) is 0.222. The number of imidazole rings is 1. The highest BCUT2D eigenvalue weighted by Gasteiger charge is 2.31. The van der Waals surface area contributed by atoms with E-state index in [-0.39, 0.29) is 11.8 Å². The number of nitrogens with zero attached hydrogens (tertiary/aromatic N) is 4. The molecule has 3 rings (SSSR count). The van der Waals surface area contributed by atoms with Gasteiger partial charge in [0.05, 0.1) is 18.0 Å². The molecule has 2 heterocycles. The quantitative estimate of drug-likeness (QED) is 0.660. The van der Waals surface area contributed by atoms with E-state index in [2.05, 4.69) is 23.3 Å². The lowest BCUT2D eigenvalue weighted by Crippen LogP contribution is -2.35. The molecule has 7 heteroatoms. The average molecular weight is 351 g/mol. The van der Waals surface area contributed by atoms with Gasteiger partial charge in [0.25, 0.3) is 5.91 Å². The van der Waals surface area contributed by atoms with E-state index in [0.29, 0.717) is 22.9 Å². The number of carbonyl (C=O) groups excluding carboxylic acids is 1. The Kier molecular flexibility index (Phi) is 4.91. The van der Waals surface area contributed by atoms with E-state index in [9.17, 15) is 4.79 Å². The lowest BCUT2D eigenvalue weighted by atomic mass is 10.1. The number of thiocarbonyl (C=S) groups is 1. The maximum atomic E-state index is 12.6. The molecule has 1 fully saturated rings. The number of hydrogen-bond donors (Lipinski definition) is 1. The van der Waals surface area contributed by atoms with Crippen molar-refractivity contribution in [3.8, 4) is 6.07 Å². The van der Waals surface area contributed by atoms with Gasteiger partial charge >= 0.3 is 0 Å². The second-order valence-corrected chi connectivity index (χ2v) is 6.39. The maximum Gasteiger partial charge on any atom is 0.276 e. The first-order chi connectivity index (χ1) is 12.1. The molecule has 1 aliphatic rings. The van der Waals surface area contributed by atoms with Gasteiger partial charge in [0.2, 0.25) is 0 Å². The van der Waals surface area contributed by atoms with Crippen molar-refractivity contribution in [2.75, 3.05) is 6.54 Å². The third-order valence-electron chi connectivity index (χ3n) is 3.89. The van der Waals surface area contributed by atoms with Crippen LogP contribution in [-0.2, 0) is 11.3 Å². The molecular weight excluding hydrogens is 334 g/mol. The summed E-state index contributed by atoms with van der Waals surface area (Å²) in [5.41, 5.74) is 1.87. The highest BCUT2D eigenvalue weighted by molar-refractivity contribution is 7.80. The van der Waals surface area contributed by atoms with Gasteiger partial charge in [-0.05, 0) is 41.9 Å². The van der Waals surface area contributed by atoms with Crippen LogP contribution in [0.1, 0.15) is 18.1 Å². The van der Waals surface area contributed by atoms with E-state index in [1.165, 1.54) is 0 Å². The van der Waals surface area contributed by atoms with E-state index in [4.69, 9.17) is 17.5 Å². The lowest BCUT2D eigenvalue weighted by Gasteiger charge is -2.19. The molecule has 6 nitrogen and oxygen atoms in total. The second kappa shape index (κ2) is 7.28. The monoisotopic (exact) mass is 351 g/mol. The first kappa shape index (κ1) is 16.9. The molecule has 0 saturated carbocycles. The molecule has 0 spiro atoms. The molecule has 25 heavy (non-hydrogen) atoms. The molecule has 0 aliphatic carbocycles. The van der Waals surface area contributed by atoms with Gasteiger partial charge in [-0.3, -0.25) is 9.69 Å². The zero-order chi connectivity index (χ0) is 17.8. The fourth-order valence-corrected chi connectivity index (χ4v) is 2.95. The van der Waals surface area contributed by atoms with E-state index >= 15 is 0 Å². The summed E-state index contributed by atoms with van der Waals surface area (Å²) in [6.07, 6.45) is 7.14. The Morgan fingerprint density at radius 1 is 1.36 bits per heavy atom. The Morgan fingerprint density at radius 2 is 2.12 bits per heavy atom. The number of aromatic nitrogens is 2. The smallest absolute Gasteiger partial charge is 0.276 e. The van der Waals surface area contributed by atoms with E-state index < -0.39 is 0 Å². The van der Waals surface area contributed by atoms with Crippen LogP contribution in [0, 0.1) is 17.2 Å². The minimum Gasteiger partial charge on any atom is -0.337 e. The Labute approximate surface area is 151 Å². The molecular formula is C18H17N5OS. The van der Waals surface area contributed by atoms with Crippen LogP contribution in [0.15, 0.2) is 48.7 Å². The first-order valence-electron chi connectivity index (χ1n) is 7.87. The largest absolute Gasteiger partial charge is 0.337 e. The molecule has 1 atom stereocenters. The molecule has 1 aliphatic heterocycles. The lowest BCUT2D eigenvalue weighted by molar-refractivity contribution is -0.122. The Hall–Kier alpha value is -2.98. The molecule has 0 radical (unpaired) electrons. The second-order valence-electron chi connectivity index (χ2n) is 6.00. The van der Waals surface area contributed by atoms with Crippen LogP contribution >= 0.6 is 12.2 Å². The van der Waals surface area contributed by atoms with Gasteiger partial charge in [-0.25, -0.2) is 4.98 Å². The minimum atomic E-state index is -0.133. The van der Waals surface area contributed by atoms with Crippen molar-refractivity contribution < 1.29 is 4.79 Å². The molecule has 1 aromatic carbocycles. The van der Waals surface area contributed by atoms with Crippen LogP contribution in [0.2, 0.25) is 0 Å². The van der Waals surface area contributed by atoms with Crippen LogP contribution in [0.4, 0.5) is 0 Å². The van der Waals surface area contributed by atoms with Crippen molar-refractivity contribution in [3.05, 3.63) is 59.8 Å². The van der Waals surface area contributed by atoms with Crippen molar-refractivity contribution in [2.45, 2.75) is 13.5 Å². The van der Waals surface area contributed by atoms with Gasteiger partial charge in [0.1, 0.15) is 5.70 Å². The fourth-order valence-electron chi connectivity index (χ4n) is 2.68. The molecule has 1 unspecified atom stereocenters. The van der Waals surface area contributed by atoms with Crippen molar-refractivity contribution >= 4 is 29.3 Å². The normalized spacial score (nSPS) is 16.8. The molecule has 1 aromatic heterocycles. The van der Waals surface area contributed by atoms with Gasteiger partial charge in [-0.1, -0.05) is 19.1 Å². The highest BCUT2D eigenvalue weighted by Crippen LogP contribution is 2.17. The van der Waals surface area contributed by atoms with Crippen LogP contribution in [-0.4, -0.2) is 32.0 Å². The van der Waals surface area contributed by atoms with E-state index in [1.54, 1.807) is 47.8 Å². The van der Waals surface area contributed by atoms with Crippen molar-refractivity contribution in [1.82, 2.24) is 19.8 Å². The van der Waals surface area contributed by atoms with Crippen LogP contribution in [0.3, 0.4) is 0 Å². The number of hydrogen-bond acceptors (Lipinski definition) is 4. The number of amides is 1. The predicted molar refractivity (Wildman–Crippen MR) is 98.0 cm³/mol. The Morgan fingerprint density at radius 3 is 2.76 bits per heavy atom. The first-order valence-corrected chi connectivity index (χ1v) is 8.28. The highest BCUT2D eigenvalue weighted by atomic mass is 32.1. The molecule has 0 bridgehead atoms. The third-order valence-corrected chi connectivity index (χ3v) is 4.21. The maximum absolute atomic E-state index is 12.6. The number of nitriles is 1. The number of carbonyl (C=O) groups is 1. The Balaban J connectivity index is 1.68. The van der Waals surface area contributed by atoms with Crippen molar-refractivity contribution in [1.29, 1.82) is 5.26 Å². The van der Waals surface area contributed by atoms with Gasteiger partial charge < -0.3 is 9.88 Å². The molecule has 2 aromatic rings. The standard InChI is InChI=1S/C18H17N5OS/c1-13(10-22-7-6-20-12-22)11-23-17(24)16(21-18(23)25)8-14-2-4-15(9-19)5-3-14/h2-8,12-13H,10-11H2,1H3,(H,21,25). The topological polar surface area (TPSA) is 74.0 Å². The molecule has 1 N–H and O–H groups in total. The van der Waals surface area contributed by atoms with Crippen LogP contribution in [0.5, 0.6) is 0 Å². The summed E-state index contributed by atoms with van der Waals surface area (Å²) in [5, 5.41) is 12.2. The summed E-state index contributed by atoms with van der Waals surface area (Å²) < 4.78 is 1.98. The summed E-state index contributed by atoms with van der Waals surface area (Å²) >= 11 is 5.31. The van der Waals surface area contributed by atoms with Crippen molar-refractivity contribution in [3.63, 3.8) is 0 Å². The number of nitrogens with one attached hydrogen (secondary N) is 1. The number of rotatable bonds is 5. The van der Waals surface area contributed by atoms with Gasteiger partial charge in [-0.2, -0.15) is 5.26 Å². The number of benzene rings is 1. The van der Waals surface area contributed by atoms with E-state index in [1.807, 2.05) is 10.8 Å². The van der Waals surface area contributed by atoms with Crippen LogP contribution in [0.25, 0.3) is 6.08 Å². The average Bonchev–Trinajstić information content (AvgIpc) is 3.20. The summed E-state index contributed by atoms with van der Waals surface area (Å²) in [5.74, 6) is 0.0963.